The third kappa shape index (κ3) is 4.52. The van der Waals surface area contributed by atoms with Crippen molar-refractivity contribution in [1.82, 2.24) is 4.90 Å². The van der Waals surface area contributed by atoms with E-state index >= 15 is 0 Å². The van der Waals surface area contributed by atoms with Gasteiger partial charge in [0.25, 0.3) is 0 Å². The molecule has 0 bridgehead atoms. The maximum absolute atomic E-state index is 8.83. The second-order valence-corrected chi connectivity index (χ2v) is 5.19. The van der Waals surface area contributed by atoms with Gasteiger partial charge in [0.2, 0.25) is 0 Å². The van der Waals surface area contributed by atoms with Crippen LogP contribution in [0.5, 0.6) is 11.5 Å². The van der Waals surface area contributed by atoms with Crippen molar-refractivity contribution in [3.8, 4) is 17.6 Å². The molecular weight excluding hydrogens is 282 g/mol. The van der Waals surface area contributed by atoms with Gasteiger partial charge < -0.3 is 19.9 Å². The number of nitriles is 1. The first-order valence-corrected chi connectivity index (χ1v) is 7.51. The first-order chi connectivity index (χ1) is 10.7. The Kier molecular flexibility index (Phi) is 6.31. The highest BCUT2D eigenvalue weighted by atomic mass is 16.5. The van der Waals surface area contributed by atoms with E-state index in [0.29, 0.717) is 23.8 Å². The van der Waals surface area contributed by atoms with Gasteiger partial charge in [0.05, 0.1) is 39.4 Å². The summed E-state index contributed by atoms with van der Waals surface area (Å²) >= 11 is 0. The molecule has 1 saturated heterocycles. The van der Waals surface area contributed by atoms with Gasteiger partial charge in [0.15, 0.2) is 11.5 Å². The lowest BCUT2D eigenvalue weighted by Crippen LogP contribution is -2.37. The van der Waals surface area contributed by atoms with Crippen LogP contribution in [-0.4, -0.2) is 51.5 Å². The molecule has 0 aliphatic carbocycles. The molecule has 1 aromatic carbocycles. The van der Waals surface area contributed by atoms with Gasteiger partial charge in [0, 0.05) is 31.4 Å². The zero-order valence-electron chi connectivity index (χ0n) is 13.0. The molecule has 1 heterocycles. The maximum Gasteiger partial charge on any atom is 0.162 e. The molecular formula is C16H23N3O3. The molecule has 1 aliphatic rings. The zero-order chi connectivity index (χ0) is 15.8. The molecule has 0 aromatic heterocycles. The summed E-state index contributed by atoms with van der Waals surface area (Å²) in [6.07, 6.45) is 1.20. The second-order valence-electron chi connectivity index (χ2n) is 5.19. The minimum absolute atomic E-state index is 0.264. The monoisotopic (exact) mass is 305 g/mol. The SMILES string of the molecule is COc1cc(N)c(CC#N)cc1OCCCN1CCOCC1. The summed E-state index contributed by atoms with van der Waals surface area (Å²) in [5, 5.41) is 8.83. The average molecular weight is 305 g/mol. The Morgan fingerprint density at radius 2 is 2.09 bits per heavy atom. The standard InChI is InChI=1S/C16H23N3O3/c1-20-15-12-14(18)13(3-4-17)11-16(15)22-8-2-5-19-6-9-21-10-7-19/h11-12H,2-3,5-10,18H2,1H3. The first kappa shape index (κ1) is 16.4. The molecule has 0 amide bonds. The second kappa shape index (κ2) is 8.47. The molecule has 120 valence electrons. The molecule has 1 aromatic rings. The van der Waals surface area contributed by atoms with Gasteiger partial charge in [-0.15, -0.1) is 0 Å². The highest BCUT2D eigenvalue weighted by Gasteiger charge is 2.12. The maximum atomic E-state index is 8.83. The van der Waals surface area contributed by atoms with Crippen molar-refractivity contribution in [2.75, 3.05) is 52.3 Å². The zero-order valence-corrected chi connectivity index (χ0v) is 13.0. The average Bonchev–Trinajstić information content (AvgIpc) is 2.55. The number of anilines is 1. The van der Waals surface area contributed by atoms with Crippen molar-refractivity contribution in [2.24, 2.45) is 0 Å². The minimum Gasteiger partial charge on any atom is -0.493 e. The van der Waals surface area contributed by atoms with Gasteiger partial charge in [-0.25, -0.2) is 0 Å². The number of nitrogens with two attached hydrogens (primary N) is 1. The van der Waals surface area contributed by atoms with Gasteiger partial charge in [-0.1, -0.05) is 0 Å². The van der Waals surface area contributed by atoms with E-state index in [4.69, 9.17) is 25.2 Å². The fraction of sp³-hybridized carbons (Fsp3) is 0.562. The smallest absolute Gasteiger partial charge is 0.162 e. The molecule has 6 heteroatoms. The van der Waals surface area contributed by atoms with Crippen LogP contribution in [0.3, 0.4) is 0 Å². The lowest BCUT2D eigenvalue weighted by molar-refractivity contribution is 0.0357. The van der Waals surface area contributed by atoms with E-state index in [1.54, 1.807) is 19.2 Å². The normalized spacial score (nSPS) is 15.3. The predicted molar refractivity (Wildman–Crippen MR) is 84.1 cm³/mol. The van der Waals surface area contributed by atoms with Crippen LogP contribution in [-0.2, 0) is 11.2 Å². The lowest BCUT2D eigenvalue weighted by Gasteiger charge is -2.26. The Labute approximate surface area is 131 Å². The summed E-state index contributed by atoms with van der Waals surface area (Å²) in [6, 6.07) is 5.61. The number of hydrogen-bond acceptors (Lipinski definition) is 6. The van der Waals surface area contributed by atoms with Crippen LogP contribution < -0.4 is 15.2 Å². The summed E-state index contributed by atoms with van der Waals surface area (Å²) < 4.78 is 16.4. The molecule has 0 atom stereocenters. The van der Waals surface area contributed by atoms with Gasteiger partial charge in [-0.05, 0) is 18.1 Å². The van der Waals surface area contributed by atoms with Crippen molar-refractivity contribution < 1.29 is 14.2 Å². The molecule has 2 N–H and O–H groups in total. The van der Waals surface area contributed by atoms with Gasteiger partial charge in [0.1, 0.15) is 0 Å². The van der Waals surface area contributed by atoms with Crippen molar-refractivity contribution in [2.45, 2.75) is 12.8 Å². The molecule has 6 nitrogen and oxygen atoms in total. The van der Waals surface area contributed by atoms with Crippen LogP contribution in [0.4, 0.5) is 5.69 Å². The van der Waals surface area contributed by atoms with E-state index in [9.17, 15) is 0 Å². The topological polar surface area (TPSA) is 80.7 Å². The molecule has 0 spiro atoms. The Morgan fingerprint density at radius 3 is 2.77 bits per heavy atom. The van der Waals surface area contributed by atoms with Gasteiger partial charge >= 0.3 is 0 Å². The van der Waals surface area contributed by atoms with Gasteiger partial charge in [-0.2, -0.15) is 5.26 Å². The third-order valence-electron chi connectivity index (χ3n) is 3.67. The van der Waals surface area contributed by atoms with E-state index in [0.717, 1.165) is 44.8 Å². The molecule has 0 unspecified atom stereocenters. The Bertz CT molecular complexity index is 522. The molecule has 1 fully saturated rings. The van der Waals surface area contributed by atoms with Crippen LogP contribution in [0.15, 0.2) is 12.1 Å². The summed E-state index contributed by atoms with van der Waals surface area (Å²) in [5.41, 5.74) is 7.22. The number of ether oxygens (including phenoxy) is 3. The number of methoxy groups -OCH3 is 1. The molecule has 2 rings (SSSR count). The Hall–Kier alpha value is -1.97. The van der Waals surface area contributed by atoms with Crippen molar-refractivity contribution in [3.05, 3.63) is 17.7 Å². The largest absolute Gasteiger partial charge is 0.493 e. The number of nitrogen functional groups attached to an aromatic ring is 1. The predicted octanol–water partition coefficient (Wildman–Crippen LogP) is 1.44. The van der Waals surface area contributed by atoms with Crippen molar-refractivity contribution in [1.29, 1.82) is 5.26 Å². The Morgan fingerprint density at radius 1 is 1.32 bits per heavy atom. The molecule has 22 heavy (non-hydrogen) atoms. The number of nitrogens with zero attached hydrogens (tertiary/aromatic N) is 2. The molecule has 0 saturated carbocycles. The quantitative estimate of drug-likeness (QED) is 0.606. The molecule has 1 aliphatic heterocycles. The molecule has 0 radical (unpaired) electrons. The number of hydrogen-bond donors (Lipinski definition) is 1. The highest BCUT2D eigenvalue weighted by molar-refractivity contribution is 5.58. The van der Waals surface area contributed by atoms with E-state index in [-0.39, 0.29) is 6.42 Å². The summed E-state index contributed by atoms with van der Waals surface area (Å²) in [7, 11) is 1.58. The van der Waals surface area contributed by atoms with E-state index in [1.807, 2.05) is 0 Å². The lowest BCUT2D eigenvalue weighted by atomic mass is 10.1. The van der Waals surface area contributed by atoms with Crippen LogP contribution in [0.25, 0.3) is 0 Å². The fourth-order valence-corrected chi connectivity index (χ4v) is 2.42. The number of rotatable bonds is 7. The van der Waals surface area contributed by atoms with Gasteiger partial charge in [-0.3, -0.25) is 4.90 Å². The highest BCUT2D eigenvalue weighted by Crippen LogP contribution is 2.32. The van der Waals surface area contributed by atoms with E-state index < -0.39 is 0 Å². The van der Waals surface area contributed by atoms with Crippen molar-refractivity contribution >= 4 is 5.69 Å². The minimum atomic E-state index is 0.264. The summed E-state index contributed by atoms with van der Waals surface area (Å²) in [4.78, 5) is 2.37. The first-order valence-electron chi connectivity index (χ1n) is 7.51. The number of benzene rings is 1. The number of morpholine rings is 1. The van der Waals surface area contributed by atoms with E-state index in [2.05, 4.69) is 11.0 Å². The van der Waals surface area contributed by atoms with Crippen LogP contribution in [0.2, 0.25) is 0 Å². The third-order valence-corrected chi connectivity index (χ3v) is 3.67. The van der Waals surface area contributed by atoms with Crippen molar-refractivity contribution in [3.63, 3.8) is 0 Å². The van der Waals surface area contributed by atoms with Crippen LogP contribution in [0.1, 0.15) is 12.0 Å². The van der Waals surface area contributed by atoms with Crippen LogP contribution in [0, 0.1) is 11.3 Å². The van der Waals surface area contributed by atoms with Crippen LogP contribution >= 0.6 is 0 Å². The summed E-state index contributed by atoms with van der Waals surface area (Å²) in [6.45, 7) is 5.18. The summed E-state index contributed by atoms with van der Waals surface area (Å²) in [5.74, 6) is 1.24. The Balaban J connectivity index is 1.87. The fourth-order valence-electron chi connectivity index (χ4n) is 2.42. The van der Waals surface area contributed by atoms with E-state index in [1.165, 1.54) is 0 Å².